The maximum atomic E-state index is 5.50. The third kappa shape index (κ3) is 2.07. The standard InChI is InChI=1S/C10H14N4O/c1-7-12-8(2)14(13-7)5-10-3-9(4-11)6-15-10/h3,6H,4-5,11H2,1-2H3. The lowest BCUT2D eigenvalue weighted by molar-refractivity contribution is 0.474. The fourth-order valence-electron chi connectivity index (χ4n) is 1.47. The average molecular weight is 206 g/mol. The average Bonchev–Trinajstić information content (AvgIpc) is 2.75. The van der Waals surface area contributed by atoms with Gasteiger partial charge in [0.25, 0.3) is 0 Å². The minimum absolute atomic E-state index is 0.499. The van der Waals surface area contributed by atoms with Gasteiger partial charge in [-0.05, 0) is 19.9 Å². The number of nitrogens with two attached hydrogens (primary N) is 1. The van der Waals surface area contributed by atoms with Crippen molar-refractivity contribution in [1.29, 1.82) is 0 Å². The van der Waals surface area contributed by atoms with Gasteiger partial charge in [0.1, 0.15) is 24.0 Å². The smallest absolute Gasteiger partial charge is 0.147 e. The Kier molecular flexibility index (Phi) is 2.55. The first kappa shape index (κ1) is 9.92. The Balaban J connectivity index is 2.17. The monoisotopic (exact) mass is 206 g/mol. The molecule has 0 unspecified atom stereocenters. The Bertz CT molecular complexity index is 458. The summed E-state index contributed by atoms with van der Waals surface area (Å²) in [6.07, 6.45) is 1.68. The van der Waals surface area contributed by atoms with Gasteiger partial charge in [-0.1, -0.05) is 0 Å². The van der Waals surface area contributed by atoms with Gasteiger partial charge in [-0.3, -0.25) is 0 Å². The van der Waals surface area contributed by atoms with Crippen LogP contribution in [0.1, 0.15) is 23.0 Å². The second-order valence-corrected chi connectivity index (χ2v) is 3.49. The summed E-state index contributed by atoms with van der Waals surface area (Å²) in [6.45, 7) is 4.90. The van der Waals surface area contributed by atoms with Gasteiger partial charge >= 0.3 is 0 Å². The van der Waals surface area contributed by atoms with Crippen molar-refractivity contribution in [2.75, 3.05) is 0 Å². The minimum atomic E-state index is 0.499. The Labute approximate surface area is 87.9 Å². The lowest BCUT2D eigenvalue weighted by Gasteiger charge is -1.98. The van der Waals surface area contributed by atoms with Crippen LogP contribution in [0.4, 0.5) is 0 Å². The normalized spacial score (nSPS) is 10.9. The molecule has 2 heterocycles. The molecule has 2 aromatic rings. The number of nitrogens with zero attached hydrogens (tertiary/aromatic N) is 3. The predicted octanol–water partition coefficient (Wildman–Crippen LogP) is 0.995. The predicted molar refractivity (Wildman–Crippen MR) is 55.2 cm³/mol. The molecule has 0 radical (unpaired) electrons. The Hall–Kier alpha value is -1.62. The van der Waals surface area contributed by atoms with Crippen LogP contribution in [-0.4, -0.2) is 14.8 Å². The molecular formula is C10H14N4O. The first-order valence-corrected chi connectivity index (χ1v) is 4.83. The zero-order valence-corrected chi connectivity index (χ0v) is 8.90. The third-order valence-corrected chi connectivity index (χ3v) is 2.21. The zero-order valence-electron chi connectivity index (χ0n) is 8.90. The van der Waals surface area contributed by atoms with E-state index in [4.69, 9.17) is 10.2 Å². The molecule has 15 heavy (non-hydrogen) atoms. The fraction of sp³-hybridized carbons (Fsp3) is 0.400. The van der Waals surface area contributed by atoms with Crippen LogP contribution in [-0.2, 0) is 13.1 Å². The van der Waals surface area contributed by atoms with Crippen LogP contribution in [0.5, 0.6) is 0 Å². The van der Waals surface area contributed by atoms with Crippen LogP contribution in [0.2, 0.25) is 0 Å². The molecule has 0 aliphatic carbocycles. The molecule has 5 heteroatoms. The molecular weight excluding hydrogens is 192 g/mol. The molecule has 0 amide bonds. The van der Waals surface area contributed by atoms with Crippen molar-refractivity contribution in [2.45, 2.75) is 26.9 Å². The largest absolute Gasteiger partial charge is 0.467 e. The van der Waals surface area contributed by atoms with Gasteiger partial charge in [-0.15, -0.1) is 0 Å². The number of furan rings is 1. The van der Waals surface area contributed by atoms with Crippen molar-refractivity contribution in [3.63, 3.8) is 0 Å². The van der Waals surface area contributed by atoms with Crippen molar-refractivity contribution in [1.82, 2.24) is 14.8 Å². The maximum Gasteiger partial charge on any atom is 0.147 e. The van der Waals surface area contributed by atoms with Gasteiger partial charge in [-0.2, -0.15) is 5.10 Å². The molecule has 0 fully saturated rings. The van der Waals surface area contributed by atoms with E-state index >= 15 is 0 Å². The molecule has 0 atom stereocenters. The van der Waals surface area contributed by atoms with E-state index in [1.807, 2.05) is 24.6 Å². The van der Waals surface area contributed by atoms with Crippen molar-refractivity contribution >= 4 is 0 Å². The first-order chi connectivity index (χ1) is 7.19. The van der Waals surface area contributed by atoms with Gasteiger partial charge in [0, 0.05) is 12.1 Å². The van der Waals surface area contributed by atoms with E-state index in [1.165, 1.54) is 0 Å². The first-order valence-electron chi connectivity index (χ1n) is 4.83. The lowest BCUT2D eigenvalue weighted by Crippen LogP contribution is -2.03. The number of rotatable bonds is 3. The molecule has 0 saturated heterocycles. The molecule has 2 aromatic heterocycles. The van der Waals surface area contributed by atoms with Gasteiger partial charge in [0.05, 0.1) is 6.26 Å². The Morgan fingerprint density at radius 3 is 2.80 bits per heavy atom. The van der Waals surface area contributed by atoms with Crippen LogP contribution in [0.3, 0.4) is 0 Å². The van der Waals surface area contributed by atoms with Gasteiger partial charge in [0.15, 0.2) is 0 Å². The summed E-state index contributed by atoms with van der Waals surface area (Å²) in [7, 11) is 0. The molecule has 5 nitrogen and oxygen atoms in total. The topological polar surface area (TPSA) is 69.9 Å². The molecule has 0 saturated carbocycles. The maximum absolute atomic E-state index is 5.50. The fourth-order valence-corrected chi connectivity index (χ4v) is 1.47. The summed E-state index contributed by atoms with van der Waals surface area (Å²) in [5, 5.41) is 4.25. The van der Waals surface area contributed by atoms with E-state index < -0.39 is 0 Å². The molecule has 2 rings (SSSR count). The zero-order chi connectivity index (χ0) is 10.8. The van der Waals surface area contributed by atoms with E-state index in [9.17, 15) is 0 Å². The van der Waals surface area contributed by atoms with E-state index in [2.05, 4.69) is 10.1 Å². The lowest BCUT2D eigenvalue weighted by atomic mass is 10.3. The second kappa shape index (κ2) is 3.86. The SMILES string of the molecule is Cc1nc(C)n(Cc2cc(CN)co2)n1. The van der Waals surface area contributed by atoms with Crippen LogP contribution >= 0.6 is 0 Å². The van der Waals surface area contributed by atoms with Crippen LogP contribution in [0, 0.1) is 13.8 Å². The van der Waals surface area contributed by atoms with Crippen molar-refractivity contribution in [2.24, 2.45) is 5.73 Å². The summed E-state index contributed by atoms with van der Waals surface area (Å²) in [5.41, 5.74) is 6.50. The van der Waals surface area contributed by atoms with E-state index in [0.717, 1.165) is 23.0 Å². The van der Waals surface area contributed by atoms with Crippen LogP contribution < -0.4 is 5.73 Å². The number of hydrogen-bond donors (Lipinski definition) is 1. The van der Waals surface area contributed by atoms with Gasteiger partial charge < -0.3 is 10.2 Å². The van der Waals surface area contributed by atoms with E-state index in [-0.39, 0.29) is 0 Å². The van der Waals surface area contributed by atoms with Crippen molar-refractivity contribution in [3.05, 3.63) is 35.3 Å². The molecule has 0 aliphatic rings. The van der Waals surface area contributed by atoms with Crippen molar-refractivity contribution < 1.29 is 4.42 Å². The van der Waals surface area contributed by atoms with Crippen LogP contribution in [0.15, 0.2) is 16.7 Å². The number of aryl methyl sites for hydroxylation is 2. The minimum Gasteiger partial charge on any atom is -0.467 e. The molecule has 0 aliphatic heterocycles. The van der Waals surface area contributed by atoms with Gasteiger partial charge in [-0.25, -0.2) is 9.67 Å². The van der Waals surface area contributed by atoms with E-state index in [0.29, 0.717) is 13.1 Å². The summed E-state index contributed by atoms with van der Waals surface area (Å²) < 4.78 is 7.17. The highest BCUT2D eigenvalue weighted by Crippen LogP contribution is 2.09. The number of aromatic nitrogens is 3. The Morgan fingerprint density at radius 2 is 2.27 bits per heavy atom. The summed E-state index contributed by atoms with van der Waals surface area (Å²) in [4.78, 5) is 4.22. The summed E-state index contributed by atoms with van der Waals surface area (Å²) >= 11 is 0. The van der Waals surface area contributed by atoms with Crippen molar-refractivity contribution in [3.8, 4) is 0 Å². The quantitative estimate of drug-likeness (QED) is 0.813. The van der Waals surface area contributed by atoms with Gasteiger partial charge in [0.2, 0.25) is 0 Å². The second-order valence-electron chi connectivity index (χ2n) is 3.49. The van der Waals surface area contributed by atoms with E-state index in [1.54, 1.807) is 6.26 Å². The molecule has 2 N–H and O–H groups in total. The highest BCUT2D eigenvalue weighted by molar-refractivity contribution is 5.12. The molecule has 80 valence electrons. The molecule has 0 bridgehead atoms. The molecule has 0 spiro atoms. The van der Waals surface area contributed by atoms with Crippen LogP contribution in [0.25, 0.3) is 0 Å². The summed E-state index contributed by atoms with van der Waals surface area (Å²) in [6, 6.07) is 1.94. The Morgan fingerprint density at radius 1 is 1.47 bits per heavy atom. The highest BCUT2D eigenvalue weighted by atomic mass is 16.3. The third-order valence-electron chi connectivity index (χ3n) is 2.21. The molecule has 0 aromatic carbocycles. The summed E-state index contributed by atoms with van der Waals surface area (Å²) in [5.74, 6) is 2.51. The number of hydrogen-bond acceptors (Lipinski definition) is 4. The highest BCUT2D eigenvalue weighted by Gasteiger charge is 2.06.